The van der Waals surface area contributed by atoms with Gasteiger partial charge in [0.15, 0.2) is 5.65 Å². The Labute approximate surface area is 187 Å². The van der Waals surface area contributed by atoms with Crippen molar-refractivity contribution < 1.29 is 22.8 Å². The molecular weight excluding hydrogens is 439 g/mol. The minimum atomic E-state index is -4.65. The van der Waals surface area contributed by atoms with Gasteiger partial charge in [-0.05, 0) is 42.7 Å². The molecule has 0 atom stereocenters. The van der Waals surface area contributed by atoms with Crippen LogP contribution in [-0.4, -0.2) is 51.8 Å². The standard InChI is InChI=1S/C21H22F3N7O2/c1-25-18(32)14-4-2-13(3-5-14)12-26-19(33)15-8-10-30(11-9-15)17-7-6-16-27-28-20(21(22,23)24)31(16)29-17/h2-7,15H,8-12H2,1H3,(H,25,32)(H,26,33). The first-order valence-corrected chi connectivity index (χ1v) is 10.4. The molecule has 174 valence electrons. The van der Waals surface area contributed by atoms with E-state index >= 15 is 0 Å². The van der Waals surface area contributed by atoms with Crippen LogP contribution in [0.3, 0.4) is 0 Å². The van der Waals surface area contributed by atoms with E-state index in [2.05, 4.69) is 25.9 Å². The van der Waals surface area contributed by atoms with Crippen molar-refractivity contribution >= 4 is 23.3 Å². The van der Waals surface area contributed by atoms with Crippen LogP contribution in [0.4, 0.5) is 19.0 Å². The van der Waals surface area contributed by atoms with Crippen molar-refractivity contribution in [2.75, 3.05) is 25.0 Å². The van der Waals surface area contributed by atoms with Crippen molar-refractivity contribution in [2.24, 2.45) is 5.92 Å². The molecule has 0 bridgehead atoms. The molecule has 33 heavy (non-hydrogen) atoms. The van der Waals surface area contributed by atoms with Crippen LogP contribution in [0.5, 0.6) is 0 Å². The molecule has 3 aromatic rings. The highest BCUT2D eigenvalue weighted by Gasteiger charge is 2.38. The number of benzene rings is 1. The van der Waals surface area contributed by atoms with Crippen molar-refractivity contribution in [3.05, 3.63) is 53.3 Å². The fourth-order valence-corrected chi connectivity index (χ4v) is 3.75. The Morgan fingerprint density at radius 2 is 1.76 bits per heavy atom. The largest absolute Gasteiger partial charge is 0.453 e. The average molecular weight is 461 g/mol. The Balaban J connectivity index is 1.33. The molecule has 2 amide bonds. The van der Waals surface area contributed by atoms with E-state index in [4.69, 9.17) is 0 Å². The number of carbonyl (C=O) groups excluding carboxylic acids is 2. The van der Waals surface area contributed by atoms with Gasteiger partial charge in [-0.25, -0.2) is 0 Å². The summed E-state index contributed by atoms with van der Waals surface area (Å²) in [6.45, 7) is 1.32. The normalized spacial score (nSPS) is 15.0. The third kappa shape index (κ3) is 4.89. The number of hydrogen-bond donors (Lipinski definition) is 2. The van der Waals surface area contributed by atoms with Gasteiger partial charge in [-0.3, -0.25) is 9.59 Å². The van der Waals surface area contributed by atoms with Crippen LogP contribution < -0.4 is 15.5 Å². The van der Waals surface area contributed by atoms with Gasteiger partial charge in [0.1, 0.15) is 5.82 Å². The quantitative estimate of drug-likeness (QED) is 0.603. The fraction of sp³-hybridized carbons (Fsp3) is 0.381. The van der Waals surface area contributed by atoms with Crippen molar-refractivity contribution in [1.29, 1.82) is 0 Å². The molecule has 2 N–H and O–H groups in total. The first-order chi connectivity index (χ1) is 15.8. The van der Waals surface area contributed by atoms with Crippen LogP contribution in [-0.2, 0) is 17.5 Å². The maximum Gasteiger partial charge on any atom is 0.453 e. The number of nitrogens with zero attached hydrogens (tertiary/aromatic N) is 5. The third-order valence-corrected chi connectivity index (χ3v) is 5.60. The lowest BCUT2D eigenvalue weighted by atomic mass is 9.96. The Hall–Kier alpha value is -3.70. The monoisotopic (exact) mass is 461 g/mol. The molecule has 0 saturated carbocycles. The number of piperidine rings is 1. The maximum atomic E-state index is 13.1. The van der Waals surface area contributed by atoms with Gasteiger partial charge in [0.2, 0.25) is 5.91 Å². The van der Waals surface area contributed by atoms with Crippen molar-refractivity contribution in [2.45, 2.75) is 25.6 Å². The number of fused-ring (bicyclic) bond motifs is 1. The minimum absolute atomic E-state index is 0.0173. The van der Waals surface area contributed by atoms with Crippen LogP contribution in [0.2, 0.25) is 0 Å². The summed E-state index contributed by atoms with van der Waals surface area (Å²) in [6.07, 6.45) is -3.55. The summed E-state index contributed by atoms with van der Waals surface area (Å²) < 4.78 is 40.0. The highest BCUT2D eigenvalue weighted by atomic mass is 19.4. The van der Waals surface area contributed by atoms with Gasteiger partial charge in [0.25, 0.3) is 11.7 Å². The van der Waals surface area contributed by atoms with E-state index in [0.717, 1.165) is 5.56 Å². The Morgan fingerprint density at radius 3 is 2.39 bits per heavy atom. The molecule has 0 aliphatic carbocycles. The molecular formula is C21H22F3N7O2. The number of aromatic nitrogens is 4. The number of anilines is 1. The van der Waals surface area contributed by atoms with Crippen molar-refractivity contribution in [3.63, 3.8) is 0 Å². The molecule has 12 heteroatoms. The smallest absolute Gasteiger partial charge is 0.355 e. The molecule has 1 aliphatic heterocycles. The summed E-state index contributed by atoms with van der Waals surface area (Å²) in [7, 11) is 1.56. The second-order valence-corrected chi connectivity index (χ2v) is 7.74. The van der Waals surface area contributed by atoms with E-state index < -0.39 is 12.0 Å². The number of amides is 2. The van der Waals surface area contributed by atoms with Crippen LogP contribution >= 0.6 is 0 Å². The first kappa shape index (κ1) is 22.5. The second-order valence-electron chi connectivity index (χ2n) is 7.74. The zero-order valence-corrected chi connectivity index (χ0v) is 17.8. The summed E-state index contributed by atoms with van der Waals surface area (Å²) in [4.78, 5) is 26.0. The molecule has 0 radical (unpaired) electrons. The molecule has 1 aromatic carbocycles. The van der Waals surface area contributed by atoms with Gasteiger partial charge in [0.05, 0.1) is 0 Å². The van der Waals surface area contributed by atoms with Crippen LogP contribution in [0.25, 0.3) is 5.65 Å². The second kappa shape index (κ2) is 9.04. The van der Waals surface area contributed by atoms with E-state index in [1.54, 1.807) is 37.4 Å². The molecule has 1 saturated heterocycles. The Bertz CT molecular complexity index is 1150. The number of nitrogens with one attached hydrogen (secondary N) is 2. The summed E-state index contributed by atoms with van der Waals surface area (Å²) in [5.74, 6) is -1.24. The Kier molecular flexibility index (Phi) is 6.16. The summed E-state index contributed by atoms with van der Waals surface area (Å²) in [5.41, 5.74) is 1.43. The van der Waals surface area contributed by atoms with Crippen molar-refractivity contribution in [1.82, 2.24) is 30.4 Å². The molecule has 0 spiro atoms. The molecule has 1 fully saturated rings. The molecule has 4 rings (SSSR count). The Morgan fingerprint density at radius 1 is 1.06 bits per heavy atom. The highest BCUT2D eigenvalue weighted by Crippen LogP contribution is 2.28. The number of carbonyl (C=O) groups is 2. The van der Waals surface area contributed by atoms with E-state index in [9.17, 15) is 22.8 Å². The molecule has 3 heterocycles. The van der Waals surface area contributed by atoms with Gasteiger partial charge in [0, 0.05) is 38.2 Å². The van der Waals surface area contributed by atoms with E-state index in [0.29, 0.717) is 48.4 Å². The predicted octanol–water partition coefficient (Wildman–Crippen LogP) is 2.04. The van der Waals surface area contributed by atoms with E-state index in [1.165, 1.54) is 6.07 Å². The molecule has 2 aromatic heterocycles. The van der Waals surface area contributed by atoms with Gasteiger partial charge >= 0.3 is 6.18 Å². The number of halogens is 3. The highest BCUT2D eigenvalue weighted by molar-refractivity contribution is 5.93. The van der Waals surface area contributed by atoms with Crippen LogP contribution in [0, 0.1) is 5.92 Å². The SMILES string of the molecule is CNC(=O)c1ccc(CNC(=O)C2CCN(c3ccc4nnc(C(F)(F)F)n4n3)CC2)cc1. The summed E-state index contributed by atoms with van der Waals surface area (Å²) in [6, 6.07) is 10.0. The van der Waals surface area contributed by atoms with Gasteiger partial charge in [-0.1, -0.05) is 12.1 Å². The number of alkyl halides is 3. The molecule has 1 aliphatic rings. The van der Waals surface area contributed by atoms with Crippen LogP contribution in [0.15, 0.2) is 36.4 Å². The molecule has 9 nitrogen and oxygen atoms in total. The summed E-state index contributed by atoms with van der Waals surface area (Å²) in [5, 5.41) is 16.2. The van der Waals surface area contributed by atoms with Gasteiger partial charge in [-0.15, -0.1) is 15.3 Å². The lowest BCUT2D eigenvalue weighted by Gasteiger charge is -2.32. The van der Waals surface area contributed by atoms with E-state index in [1.807, 2.05) is 4.90 Å². The number of rotatable bonds is 5. The van der Waals surface area contributed by atoms with E-state index in [-0.39, 0.29) is 23.4 Å². The predicted molar refractivity (Wildman–Crippen MR) is 112 cm³/mol. The van der Waals surface area contributed by atoms with Gasteiger partial charge < -0.3 is 15.5 Å². The summed E-state index contributed by atoms with van der Waals surface area (Å²) >= 11 is 0. The third-order valence-electron chi connectivity index (χ3n) is 5.60. The first-order valence-electron chi connectivity index (χ1n) is 10.4. The van der Waals surface area contributed by atoms with Crippen molar-refractivity contribution in [3.8, 4) is 0 Å². The molecule has 0 unspecified atom stereocenters. The van der Waals surface area contributed by atoms with Gasteiger partial charge in [-0.2, -0.15) is 17.7 Å². The average Bonchev–Trinajstić information content (AvgIpc) is 3.26. The zero-order chi connectivity index (χ0) is 23.6. The topological polar surface area (TPSA) is 105 Å². The fourth-order valence-electron chi connectivity index (χ4n) is 3.75. The maximum absolute atomic E-state index is 13.1. The number of hydrogen-bond acceptors (Lipinski definition) is 6. The zero-order valence-electron chi connectivity index (χ0n) is 17.8. The van der Waals surface area contributed by atoms with Crippen LogP contribution in [0.1, 0.15) is 34.6 Å². The minimum Gasteiger partial charge on any atom is -0.355 e. The lowest BCUT2D eigenvalue weighted by Crippen LogP contribution is -2.40. The lowest BCUT2D eigenvalue weighted by molar-refractivity contribution is -0.146.